The number of imide groups is 1. The van der Waals surface area contributed by atoms with E-state index in [0.29, 0.717) is 20.6 Å². The Morgan fingerprint density at radius 2 is 1.93 bits per heavy atom. The van der Waals surface area contributed by atoms with Crippen molar-refractivity contribution in [2.45, 2.75) is 6.61 Å². The largest absolute Gasteiger partial charge is 0.493 e. The molecule has 0 saturated carbocycles. The summed E-state index contributed by atoms with van der Waals surface area (Å²) in [6.07, 6.45) is 1.29. The van der Waals surface area contributed by atoms with Crippen molar-refractivity contribution in [2.24, 2.45) is 5.73 Å². The van der Waals surface area contributed by atoms with E-state index < -0.39 is 17.9 Å². The van der Waals surface area contributed by atoms with E-state index in [1.165, 1.54) is 25.3 Å². The predicted molar refractivity (Wildman–Crippen MR) is 115 cm³/mol. The number of amides is 3. The van der Waals surface area contributed by atoms with E-state index in [9.17, 15) is 14.4 Å². The van der Waals surface area contributed by atoms with Crippen molar-refractivity contribution in [3.05, 3.63) is 62.2 Å². The van der Waals surface area contributed by atoms with Crippen LogP contribution in [0.5, 0.6) is 11.5 Å². The van der Waals surface area contributed by atoms with Crippen LogP contribution in [-0.2, 0) is 11.4 Å². The fraction of sp³-hybridized carbons (Fsp3) is 0.100. The molecule has 0 aliphatic carbocycles. The minimum absolute atomic E-state index is 0.173. The maximum Gasteiger partial charge on any atom is 0.335 e. The Morgan fingerprint density at radius 3 is 2.47 bits per heavy atom. The Bertz CT molecular complexity index is 1060. The second kappa shape index (κ2) is 10.3. The number of carbonyl (C=O) groups is 3. The van der Waals surface area contributed by atoms with Gasteiger partial charge in [-0.05, 0) is 64.1 Å². The molecule has 0 heterocycles. The smallest absolute Gasteiger partial charge is 0.335 e. The van der Waals surface area contributed by atoms with Crippen molar-refractivity contribution >= 4 is 46.6 Å². The van der Waals surface area contributed by atoms with Gasteiger partial charge >= 0.3 is 12.0 Å². The summed E-state index contributed by atoms with van der Waals surface area (Å²) in [5, 5.41) is 19.9. The molecule has 30 heavy (non-hydrogen) atoms. The summed E-state index contributed by atoms with van der Waals surface area (Å²) in [4.78, 5) is 33.6. The number of primary amides is 1. The van der Waals surface area contributed by atoms with E-state index in [1.807, 2.05) is 27.9 Å². The highest BCUT2D eigenvalue weighted by Gasteiger charge is 2.15. The maximum absolute atomic E-state index is 11.8. The standard InChI is InChI=1S/C20H16IN3O6/c1-29-16-8-12(6-14(9-22)18(25)24-20(23)28)7-15(21)17(16)30-10-11-2-4-13(5-3-11)19(26)27/h2-8H,10H2,1H3,(H,26,27)(H3,23,24,25,28)/b14-6-. The molecular weight excluding hydrogens is 505 g/mol. The van der Waals surface area contributed by atoms with Crippen LogP contribution in [-0.4, -0.2) is 30.1 Å². The first-order chi connectivity index (χ1) is 14.2. The van der Waals surface area contributed by atoms with E-state index >= 15 is 0 Å². The van der Waals surface area contributed by atoms with Gasteiger partial charge in [-0.3, -0.25) is 10.1 Å². The normalized spacial score (nSPS) is 10.6. The zero-order valence-corrected chi connectivity index (χ0v) is 17.8. The molecule has 0 spiro atoms. The average molecular weight is 521 g/mol. The number of methoxy groups -OCH3 is 1. The third-order valence-electron chi connectivity index (χ3n) is 3.75. The highest BCUT2D eigenvalue weighted by Crippen LogP contribution is 2.35. The number of aromatic carboxylic acids is 1. The molecule has 0 aliphatic heterocycles. The number of carboxylic acid groups (broad SMARTS) is 1. The van der Waals surface area contributed by atoms with Crippen LogP contribution in [0.15, 0.2) is 42.0 Å². The number of hydrogen-bond acceptors (Lipinski definition) is 6. The van der Waals surface area contributed by atoms with Crippen molar-refractivity contribution in [3.8, 4) is 17.6 Å². The molecule has 0 aromatic heterocycles. The number of urea groups is 1. The number of halogens is 1. The van der Waals surface area contributed by atoms with Gasteiger partial charge in [-0.2, -0.15) is 5.26 Å². The quantitative estimate of drug-likeness (QED) is 0.288. The summed E-state index contributed by atoms with van der Waals surface area (Å²) in [5.41, 5.74) is 6.01. The Hall–Kier alpha value is -3.59. The van der Waals surface area contributed by atoms with Crippen molar-refractivity contribution in [2.75, 3.05) is 7.11 Å². The summed E-state index contributed by atoms with van der Waals surface area (Å²) < 4.78 is 11.8. The van der Waals surface area contributed by atoms with Crippen LogP contribution in [0.1, 0.15) is 21.5 Å². The van der Waals surface area contributed by atoms with Crippen LogP contribution in [0.3, 0.4) is 0 Å². The number of carbonyl (C=O) groups excluding carboxylic acids is 2. The lowest BCUT2D eigenvalue weighted by Gasteiger charge is -2.14. The molecule has 0 unspecified atom stereocenters. The summed E-state index contributed by atoms with van der Waals surface area (Å²) in [6, 6.07) is 10.2. The molecular formula is C20H16IN3O6. The fourth-order valence-corrected chi connectivity index (χ4v) is 3.14. The van der Waals surface area contributed by atoms with Gasteiger partial charge in [0.15, 0.2) is 11.5 Å². The summed E-state index contributed by atoms with van der Waals surface area (Å²) in [7, 11) is 1.44. The first-order valence-electron chi connectivity index (χ1n) is 8.30. The first kappa shape index (κ1) is 22.7. The van der Waals surface area contributed by atoms with Crippen LogP contribution in [0, 0.1) is 14.9 Å². The third-order valence-corrected chi connectivity index (χ3v) is 4.55. The number of nitriles is 1. The molecule has 0 bridgehead atoms. The molecule has 0 aliphatic rings. The molecule has 0 radical (unpaired) electrons. The zero-order chi connectivity index (χ0) is 22.3. The Morgan fingerprint density at radius 1 is 1.27 bits per heavy atom. The Balaban J connectivity index is 2.25. The summed E-state index contributed by atoms with van der Waals surface area (Å²) in [5.74, 6) is -1.12. The molecule has 10 heteroatoms. The van der Waals surface area contributed by atoms with Gasteiger partial charge in [0.1, 0.15) is 18.2 Å². The van der Waals surface area contributed by atoms with E-state index in [2.05, 4.69) is 0 Å². The van der Waals surface area contributed by atoms with Gasteiger partial charge < -0.3 is 20.3 Å². The monoisotopic (exact) mass is 521 g/mol. The van der Waals surface area contributed by atoms with Crippen molar-refractivity contribution in [1.82, 2.24) is 5.32 Å². The molecule has 9 nitrogen and oxygen atoms in total. The van der Waals surface area contributed by atoms with Crippen LogP contribution < -0.4 is 20.5 Å². The molecule has 0 saturated heterocycles. The lowest BCUT2D eigenvalue weighted by Crippen LogP contribution is -2.35. The number of nitrogens with one attached hydrogen (secondary N) is 1. The third kappa shape index (κ3) is 5.95. The summed E-state index contributed by atoms with van der Waals surface area (Å²) in [6.45, 7) is 0.173. The van der Waals surface area contributed by atoms with Crippen LogP contribution in [0.4, 0.5) is 4.79 Å². The minimum Gasteiger partial charge on any atom is -0.493 e. The zero-order valence-electron chi connectivity index (χ0n) is 15.6. The van der Waals surface area contributed by atoms with Crippen molar-refractivity contribution in [1.29, 1.82) is 5.26 Å². The fourth-order valence-electron chi connectivity index (χ4n) is 2.36. The van der Waals surface area contributed by atoms with E-state index in [0.717, 1.165) is 5.56 Å². The van der Waals surface area contributed by atoms with E-state index in [1.54, 1.807) is 30.3 Å². The van der Waals surface area contributed by atoms with Gasteiger partial charge in [0, 0.05) is 0 Å². The number of nitrogens with zero attached hydrogens (tertiary/aromatic N) is 1. The van der Waals surface area contributed by atoms with Gasteiger partial charge in [0.05, 0.1) is 16.2 Å². The number of benzene rings is 2. The van der Waals surface area contributed by atoms with Gasteiger partial charge in [-0.1, -0.05) is 12.1 Å². The number of rotatable bonds is 7. The van der Waals surface area contributed by atoms with Crippen LogP contribution in [0.2, 0.25) is 0 Å². The maximum atomic E-state index is 11.8. The molecule has 3 amide bonds. The Labute approximate surface area is 185 Å². The van der Waals surface area contributed by atoms with Crippen LogP contribution >= 0.6 is 22.6 Å². The second-order valence-corrected chi connectivity index (χ2v) is 6.98. The number of hydrogen-bond donors (Lipinski definition) is 3. The van der Waals surface area contributed by atoms with Crippen LogP contribution in [0.25, 0.3) is 6.08 Å². The number of nitrogens with two attached hydrogens (primary N) is 1. The molecule has 2 aromatic rings. The second-order valence-electron chi connectivity index (χ2n) is 5.81. The predicted octanol–water partition coefficient (Wildman–Crippen LogP) is 2.68. The SMILES string of the molecule is COc1cc(/C=C(/C#N)C(=O)NC(N)=O)cc(I)c1OCc1ccc(C(=O)O)cc1. The number of carboxylic acids is 1. The van der Waals surface area contributed by atoms with Crippen molar-refractivity contribution in [3.63, 3.8) is 0 Å². The topological polar surface area (TPSA) is 152 Å². The summed E-state index contributed by atoms with van der Waals surface area (Å²) >= 11 is 2.02. The van der Waals surface area contributed by atoms with E-state index in [4.69, 9.17) is 25.6 Å². The molecule has 0 atom stereocenters. The molecule has 4 N–H and O–H groups in total. The Kier molecular flexibility index (Phi) is 7.76. The lowest BCUT2D eigenvalue weighted by atomic mass is 10.1. The van der Waals surface area contributed by atoms with Gasteiger partial charge in [-0.25, -0.2) is 9.59 Å². The molecule has 154 valence electrons. The number of ether oxygens (including phenoxy) is 2. The first-order valence-corrected chi connectivity index (χ1v) is 9.38. The molecule has 2 aromatic carbocycles. The molecule has 0 fully saturated rings. The highest BCUT2D eigenvalue weighted by atomic mass is 127. The lowest BCUT2D eigenvalue weighted by molar-refractivity contribution is -0.115. The van der Waals surface area contributed by atoms with Crippen molar-refractivity contribution < 1.29 is 29.0 Å². The van der Waals surface area contributed by atoms with E-state index in [-0.39, 0.29) is 17.7 Å². The van der Waals surface area contributed by atoms with Gasteiger partial charge in [0.25, 0.3) is 5.91 Å². The highest BCUT2D eigenvalue weighted by molar-refractivity contribution is 14.1. The molecule has 2 rings (SSSR count). The minimum atomic E-state index is -1.06. The average Bonchev–Trinajstić information content (AvgIpc) is 2.70. The van der Waals surface area contributed by atoms with Gasteiger partial charge in [-0.15, -0.1) is 0 Å². The van der Waals surface area contributed by atoms with Gasteiger partial charge in [0.2, 0.25) is 0 Å².